The van der Waals surface area contributed by atoms with E-state index in [0.29, 0.717) is 12.1 Å². The molecule has 1 unspecified atom stereocenters. The molecule has 1 aliphatic rings. The first-order valence-corrected chi connectivity index (χ1v) is 8.23. The van der Waals surface area contributed by atoms with Crippen LogP contribution in [0.3, 0.4) is 0 Å². The third kappa shape index (κ3) is 2.34. The van der Waals surface area contributed by atoms with Gasteiger partial charge in [0, 0.05) is 28.7 Å². The van der Waals surface area contributed by atoms with Gasteiger partial charge in [-0.15, -0.1) is 0 Å². The van der Waals surface area contributed by atoms with E-state index in [1.807, 2.05) is 0 Å². The van der Waals surface area contributed by atoms with Crippen LogP contribution in [0.4, 0.5) is 0 Å². The molecule has 0 fully saturated rings. The fourth-order valence-corrected chi connectivity index (χ4v) is 3.72. The zero-order valence-corrected chi connectivity index (χ0v) is 13.0. The largest absolute Gasteiger partial charge is 0.357 e. The summed E-state index contributed by atoms with van der Waals surface area (Å²) in [7, 11) is 0. The molecule has 0 spiro atoms. The van der Waals surface area contributed by atoms with Crippen LogP contribution in [-0.4, -0.2) is 4.98 Å². The molecule has 2 aromatic carbocycles. The Balaban J connectivity index is 1.65. The number of fused-ring (bicyclic) bond motifs is 3. The van der Waals surface area contributed by atoms with E-state index in [1.165, 1.54) is 47.0 Å². The number of H-pyrrole nitrogens is 1. The Morgan fingerprint density at radius 1 is 1.05 bits per heavy atom. The summed E-state index contributed by atoms with van der Waals surface area (Å²) in [4.78, 5) is 3.66. The first kappa shape index (κ1) is 13.6. The highest BCUT2D eigenvalue weighted by molar-refractivity contribution is 5.85. The number of hydrogen-bond donors (Lipinski definition) is 2. The Kier molecular flexibility index (Phi) is 3.47. The zero-order valence-electron chi connectivity index (χ0n) is 13.0. The van der Waals surface area contributed by atoms with Gasteiger partial charge in [0.1, 0.15) is 0 Å². The van der Waals surface area contributed by atoms with Gasteiger partial charge in [0.2, 0.25) is 0 Å². The van der Waals surface area contributed by atoms with Crippen molar-refractivity contribution in [1.29, 1.82) is 0 Å². The Bertz CT molecular complexity index is 773. The quantitative estimate of drug-likeness (QED) is 0.705. The summed E-state index contributed by atoms with van der Waals surface area (Å²) >= 11 is 0. The number of hydrogen-bond acceptors (Lipinski definition) is 1. The number of para-hydroxylation sites is 1. The highest BCUT2D eigenvalue weighted by Gasteiger charge is 2.25. The third-order valence-electron chi connectivity index (χ3n) is 4.87. The van der Waals surface area contributed by atoms with Crippen LogP contribution < -0.4 is 5.32 Å². The molecule has 1 aromatic heterocycles. The van der Waals surface area contributed by atoms with Gasteiger partial charge in [0.15, 0.2) is 0 Å². The van der Waals surface area contributed by atoms with Gasteiger partial charge in [-0.25, -0.2) is 0 Å². The van der Waals surface area contributed by atoms with Crippen molar-refractivity contribution in [2.45, 2.75) is 38.3 Å². The molecule has 0 amide bonds. The van der Waals surface area contributed by atoms with Crippen LogP contribution >= 0.6 is 0 Å². The molecule has 2 N–H and O–H groups in total. The standard InChI is InChI=1S/C20H22N2/c1-14(15-8-3-2-4-9-15)21-19-13-7-11-17-16-10-5-6-12-18(16)22-20(17)19/h2-6,8-10,12,14,19,21-22H,7,11,13H2,1H3/t14-,19?/m0/s1. The van der Waals surface area contributed by atoms with E-state index >= 15 is 0 Å². The maximum Gasteiger partial charge on any atom is 0.0480 e. The van der Waals surface area contributed by atoms with Crippen LogP contribution in [0, 0.1) is 0 Å². The molecule has 2 heteroatoms. The van der Waals surface area contributed by atoms with Gasteiger partial charge in [-0.2, -0.15) is 0 Å². The molecule has 2 nitrogen and oxygen atoms in total. The Morgan fingerprint density at radius 2 is 1.82 bits per heavy atom. The number of rotatable bonds is 3. The molecule has 4 rings (SSSR count). The van der Waals surface area contributed by atoms with Crippen molar-refractivity contribution < 1.29 is 0 Å². The SMILES string of the molecule is C[C@H](NC1CCCc2c1[nH]c1ccccc21)c1ccccc1. The van der Waals surface area contributed by atoms with E-state index in [0.717, 1.165) is 0 Å². The van der Waals surface area contributed by atoms with Crippen LogP contribution in [-0.2, 0) is 6.42 Å². The van der Waals surface area contributed by atoms with Gasteiger partial charge in [-0.1, -0.05) is 48.5 Å². The molecule has 1 aliphatic carbocycles. The topological polar surface area (TPSA) is 27.8 Å². The second-order valence-electron chi connectivity index (χ2n) is 6.31. The third-order valence-corrected chi connectivity index (χ3v) is 4.87. The maximum atomic E-state index is 3.82. The number of aromatic nitrogens is 1. The lowest BCUT2D eigenvalue weighted by atomic mass is 9.91. The summed E-state index contributed by atoms with van der Waals surface area (Å²) in [5, 5.41) is 5.22. The van der Waals surface area contributed by atoms with Crippen molar-refractivity contribution in [3.63, 3.8) is 0 Å². The molecule has 1 heterocycles. The van der Waals surface area contributed by atoms with Gasteiger partial charge in [-0.3, -0.25) is 0 Å². The smallest absolute Gasteiger partial charge is 0.0480 e. The van der Waals surface area contributed by atoms with E-state index in [9.17, 15) is 0 Å². The Hall–Kier alpha value is -2.06. The molecular formula is C20H22N2. The van der Waals surface area contributed by atoms with E-state index in [2.05, 4.69) is 71.8 Å². The minimum Gasteiger partial charge on any atom is -0.357 e. The second-order valence-corrected chi connectivity index (χ2v) is 6.31. The second kappa shape index (κ2) is 5.62. The van der Waals surface area contributed by atoms with Crippen LogP contribution in [0.5, 0.6) is 0 Å². The fourth-order valence-electron chi connectivity index (χ4n) is 3.72. The highest BCUT2D eigenvalue weighted by Crippen LogP contribution is 2.35. The molecule has 3 aromatic rings. The summed E-state index contributed by atoms with van der Waals surface area (Å²) in [6.07, 6.45) is 3.66. The zero-order chi connectivity index (χ0) is 14.9. The summed E-state index contributed by atoms with van der Waals surface area (Å²) < 4.78 is 0. The predicted octanol–water partition coefficient (Wildman–Crippen LogP) is 4.90. The van der Waals surface area contributed by atoms with Crippen molar-refractivity contribution in [2.75, 3.05) is 0 Å². The van der Waals surface area contributed by atoms with Crippen LogP contribution in [0.1, 0.15) is 48.7 Å². The average molecular weight is 290 g/mol. The number of benzene rings is 2. The molecule has 0 radical (unpaired) electrons. The Morgan fingerprint density at radius 3 is 2.68 bits per heavy atom. The molecule has 0 bridgehead atoms. The first-order valence-electron chi connectivity index (χ1n) is 8.23. The van der Waals surface area contributed by atoms with Crippen molar-refractivity contribution in [1.82, 2.24) is 10.3 Å². The van der Waals surface area contributed by atoms with E-state index in [-0.39, 0.29) is 0 Å². The minimum absolute atomic E-state index is 0.364. The maximum absolute atomic E-state index is 3.82. The van der Waals surface area contributed by atoms with Crippen LogP contribution in [0.2, 0.25) is 0 Å². The molecule has 22 heavy (non-hydrogen) atoms. The summed E-state index contributed by atoms with van der Waals surface area (Å²) in [6.45, 7) is 2.26. The van der Waals surface area contributed by atoms with Crippen LogP contribution in [0.25, 0.3) is 10.9 Å². The van der Waals surface area contributed by atoms with E-state index in [1.54, 1.807) is 0 Å². The van der Waals surface area contributed by atoms with Gasteiger partial charge in [0.05, 0.1) is 0 Å². The van der Waals surface area contributed by atoms with E-state index in [4.69, 9.17) is 0 Å². The van der Waals surface area contributed by atoms with Crippen molar-refractivity contribution >= 4 is 10.9 Å². The summed E-state index contributed by atoms with van der Waals surface area (Å²) in [5.74, 6) is 0. The van der Waals surface area contributed by atoms with Gasteiger partial charge >= 0.3 is 0 Å². The normalized spacial score (nSPS) is 19.0. The highest BCUT2D eigenvalue weighted by atomic mass is 15.0. The fraction of sp³-hybridized carbons (Fsp3) is 0.300. The molecule has 112 valence electrons. The molecular weight excluding hydrogens is 268 g/mol. The molecule has 0 saturated carbocycles. The van der Waals surface area contributed by atoms with Gasteiger partial charge < -0.3 is 10.3 Å². The lowest BCUT2D eigenvalue weighted by molar-refractivity contribution is 0.410. The molecule has 0 aliphatic heterocycles. The van der Waals surface area contributed by atoms with Crippen LogP contribution in [0.15, 0.2) is 54.6 Å². The minimum atomic E-state index is 0.364. The number of aryl methyl sites for hydroxylation is 1. The first-order chi connectivity index (χ1) is 10.8. The summed E-state index contributed by atoms with van der Waals surface area (Å²) in [5.41, 5.74) is 5.54. The molecule has 2 atom stereocenters. The lowest BCUT2D eigenvalue weighted by Crippen LogP contribution is -2.27. The monoisotopic (exact) mass is 290 g/mol. The summed E-state index contributed by atoms with van der Waals surface area (Å²) in [6, 6.07) is 20.2. The van der Waals surface area contributed by atoms with E-state index < -0.39 is 0 Å². The van der Waals surface area contributed by atoms with Crippen molar-refractivity contribution in [3.8, 4) is 0 Å². The Labute approximate surface area is 131 Å². The number of aromatic amines is 1. The van der Waals surface area contributed by atoms with Crippen molar-refractivity contribution in [3.05, 3.63) is 71.4 Å². The number of nitrogens with one attached hydrogen (secondary N) is 2. The molecule has 0 saturated heterocycles. The van der Waals surface area contributed by atoms with Gasteiger partial charge in [-0.05, 0) is 43.4 Å². The van der Waals surface area contributed by atoms with Gasteiger partial charge in [0.25, 0.3) is 0 Å². The van der Waals surface area contributed by atoms with Crippen molar-refractivity contribution in [2.24, 2.45) is 0 Å². The predicted molar refractivity (Wildman–Crippen MR) is 92.0 cm³/mol. The average Bonchev–Trinajstić information content (AvgIpc) is 2.95. The lowest BCUT2D eigenvalue weighted by Gasteiger charge is -2.27.